The number of anilines is 2. The van der Waals surface area contributed by atoms with E-state index in [1.165, 1.54) is 0 Å². The van der Waals surface area contributed by atoms with E-state index >= 15 is 0 Å². The molecule has 2 rings (SSSR count). The van der Waals surface area contributed by atoms with E-state index in [0.717, 1.165) is 0 Å². The molecule has 2 aromatic rings. The summed E-state index contributed by atoms with van der Waals surface area (Å²) in [5, 5.41) is 6.81. The number of hydrogen-bond acceptors (Lipinski definition) is 4. The topological polar surface area (TPSA) is 82.2 Å². The minimum absolute atomic E-state index is 0.112. The first kappa shape index (κ1) is 12.9. The van der Waals surface area contributed by atoms with Crippen LogP contribution in [0.1, 0.15) is 6.42 Å². The van der Waals surface area contributed by atoms with Gasteiger partial charge in [0.25, 0.3) is 0 Å². The Hall–Kier alpha value is -2.50. The summed E-state index contributed by atoms with van der Waals surface area (Å²) in [6.45, 7) is 0.531. The van der Waals surface area contributed by atoms with E-state index in [2.05, 4.69) is 10.4 Å². The summed E-state index contributed by atoms with van der Waals surface area (Å²) in [6.07, 6.45) is 3.83. The number of rotatable bonds is 5. The van der Waals surface area contributed by atoms with Crippen molar-refractivity contribution in [3.63, 3.8) is 0 Å². The van der Waals surface area contributed by atoms with Gasteiger partial charge in [0.1, 0.15) is 5.75 Å². The lowest BCUT2D eigenvalue weighted by Gasteiger charge is -2.10. The molecule has 0 aliphatic carbocycles. The lowest BCUT2D eigenvalue weighted by Crippen LogP contribution is -2.15. The van der Waals surface area contributed by atoms with Gasteiger partial charge in [0.2, 0.25) is 5.91 Å². The van der Waals surface area contributed by atoms with Gasteiger partial charge in [-0.1, -0.05) is 0 Å². The predicted octanol–water partition coefficient (Wildman–Crippen LogP) is 1.50. The van der Waals surface area contributed by atoms with Crippen LogP contribution in [0.4, 0.5) is 11.4 Å². The number of nitrogens with one attached hydrogen (secondary N) is 1. The normalized spacial score (nSPS) is 10.2. The molecule has 1 amide bonds. The van der Waals surface area contributed by atoms with Gasteiger partial charge in [0, 0.05) is 31.0 Å². The Balaban J connectivity index is 1.96. The van der Waals surface area contributed by atoms with Gasteiger partial charge in [-0.05, 0) is 24.3 Å². The number of benzene rings is 1. The van der Waals surface area contributed by atoms with Gasteiger partial charge in [-0.25, -0.2) is 0 Å². The Kier molecular flexibility index (Phi) is 4.02. The van der Waals surface area contributed by atoms with Crippen LogP contribution in [0.25, 0.3) is 0 Å². The number of amides is 1. The van der Waals surface area contributed by atoms with Crippen molar-refractivity contribution in [1.82, 2.24) is 9.78 Å². The maximum absolute atomic E-state index is 11.8. The van der Waals surface area contributed by atoms with E-state index in [1.807, 2.05) is 12.3 Å². The quantitative estimate of drug-likeness (QED) is 0.798. The SMILES string of the molecule is COc1ccc(N)cc1NC(=O)CCn1cccn1. The first-order valence-electron chi connectivity index (χ1n) is 5.90. The monoisotopic (exact) mass is 260 g/mol. The fourth-order valence-corrected chi connectivity index (χ4v) is 1.68. The van der Waals surface area contributed by atoms with Crippen molar-refractivity contribution in [2.75, 3.05) is 18.2 Å². The first-order chi connectivity index (χ1) is 9.19. The summed E-state index contributed by atoms with van der Waals surface area (Å²) in [5.74, 6) is 0.473. The van der Waals surface area contributed by atoms with E-state index in [4.69, 9.17) is 10.5 Å². The molecule has 1 aromatic carbocycles. The van der Waals surface area contributed by atoms with Crippen LogP contribution < -0.4 is 15.8 Å². The number of carbonyl (C=O) groups excluding carboxylic acids is 1. The number of nitrogens with zero attached hydrogens (tertiary/aromatic N) is 2. The highest BCUT2D eigenvalue weighted by atomic mass is 16.5. The summed E-state index contributed by atoms with van der Waals surface area (Å²) in [7, 11) is 1.55. The predicted molar refractivity (Wildman–Crippen MR) is 72.9 cm³/mol. The van der Waals surface area contributed by atoms with Crippen molar-refractivity contribution in [3.8, 4) is 5.75 Å². The van der Waals surface area contributed by atoms with E-state index in [1.54, 1.807) is 36.2 Å². The Labute approximate surface area is 111 Å². The highest BCUT2D eigenvalue weighted by Gasteiger charge is 2.08. The zero-order valence-corrected chi connectivity index (χ0v) is 10.7. The zero-order chi connectivity index (χ0) is 13.7. The van der Waals surface area contributed by atoms with Crippen molar-refractivity contribution in [2.45, 2.75) is 13.0 Å². The number of methoxy groups -OCH3 is 1. The van der Waals surface area contributed by atoms with Crippen LogP contribution in [0, 0.1) is 0 Å². The molecule has 0 saturated carbocycles. The third-order valence-corrected chi connectivity index (χ3v) is 2.62. The standard InChI is InChI=1S/C13H16N4O2/c1-19-12-4-3-10(14)9-11(12)16-13(18)5-8-17-7-2-6-15-17/h2-4,6-7,9H,5,8,14H2,1H3,(H,16,18). The lowest BCUT2D eigenvalue weighted by molar-refractivity contribution is -0.116. The molecule has 0 bridgehead atoms. The molecule has 100 valence electrons. The number of nitrogen functional groups attached to an aromatic ring is 1. The number of ether oxygens (including phenoxy) is 1. The average molecular weight is 260 g/mol. The Morgan fingerprint density at radius 2 is 2.37 bits per heavy atom. The highest BCUT2D eigenvalue weighted by Crippen LogP contribution is 2.26. The second kappa shape index (κ2) is 5.90. The first-order valence-corrected chi connectivity index (χ1v) is 5.90. The summed E-state index contributed by atoms with van der Waals surface area (Å²) in [5.41, 5.74) is 6.84. The molecule has 6 nitrogen and oxygen atoms in total. The Morgan fingerprint density at radius 3 is 3.05 bits per heavy atom. The van der Waals surface area contributed by atoms with E-state index in [9.17, 15) is 4.79 Å². The Bertz CT molecular complexity index is 552. The molecule has 19 heavy (non-hydrogen) atoms. The van der Waals surface area contributed by atoms with Crippen LogP contribution in [0.15, 0.2) is 36.7 Å². The van der Waals surface area contributed by atoms with Gasteiger partial charge in [0.15, 0.2) is 0 Å². The minimum Gasteiger partial charge on any atom is -0.495 e. The van der Waals surface area contributed by atoms with Crippen molar-refractivity contribution in [1.29, 1.82) is 0 Å². The van der Waals surface area contributed by atoms with E-state index in [0.29, 0.717) is 30.1 Å². The maximum atomic E-state index is 11.8. The van der Waals surface area contributed by atoms with Crippen LogP contribution in [-0.4, -0.2) is 22.8 Å². The fraction of sp³-hybridized carbons (Fsp3) is 0.231. The fourth-order valence-electron chi connectivity index (χ4n) is 1.68. The molecule has 0 unspecified atom stereocenters. The molecular formula is C13H16N4O2. The summed E-state index contributed by atoms with van der Waals surface area (Å²) >= 11 is 0. The van der Waals surface area contributed by atoms with Crippen molar-refractivity contribution in [3.05, 3.63) is 36.7 Å². The molecular weight excluding hydrogens is 244 g/mol. The van der Waals surface area contributed by atoms with Crippen molar-refractivity contribution < 1.29 is 9.53 Å². The molecule has 0 saturated heterocycles. The molecule has 0 fully saturated rings. The number of aryl methyl sites for hydroxylation is 1. The lowest BCUT2D eigenvalue weighted by atomic mass is 10.2. The second-order valence-corrected chi connectivity index (χ2v) is 4.03. The van der Waals surface area contributed by atoms with Crippen LogP contribution in [-0.2, 0) is 11.3 Å². The Morgan fingerprint density at radius 1 is 1.53 bits per heavy atom. The maximum Gasteiger partial charge on any atom is 0.226 e. The van der Waals surface area contributed by atoms with Crippen molar-refractivity contribution in [2.24, 2.45) is 0 Å². The highest BCUT2D eigenvalue weighted by molar-refractivity contribution is 5.92. The van der Waals surface area contributed by atoms with E-state index in [-0.39, 0.29) is 5.91 Å². The summed E-state index contributed by atoms with van der Waals surface area (Å²) in [6, 6.07) is 6.93. The van der Waals surface area contributed by atoms with Gasteiger partial charge < -0.3 is 15.8 Å². The number of hydrogen-bond donors (Lipinski definition) is 2. The van der Waals surface area contributed by atoms with Crippen LogP contribution >= 0.6 is 0 Å². The van der Waals surface area contributed by atoms with Crippen molar-refractivity contribution >= 4 is 17.3 Å². The van der Waals surface area contributed by atoms with Gasteiger partial charge in [-0.3, -0.25) is 9.48 Å². The van der Waals surface area contributed by atoms with Crippen LogP contribution in [0.3, 0.4) is 0 Å². The molecule has 1 heterocycles. The second-order valence-electron chi connectivity index (χ2n) is 4.03. The van der Waals surface area contributed by atoms with Gasteiger partial charge in [0.05, 0.1) is 12.8 Å². The van der Waals surface area contributed by atoms with Gasteiger partial charge in [-0.2, -0.15) is 5.10 Å². The number of nitrogens with two attached hydrogens (primary N) is 1. The number of carbonyl (C=O) groups is 1. The third kappa shape index (κ3) is 3.48. The molecule has 0 aliphatic rings. The summed E-state index contributed by atoms with van der Waals surface area (Å²) < 4.78 is 6.87. The zero-order valence-electron chi connectivity index (χ0n) is 10.7. The molecule has 3 N–H and O–H groups in total. The molecule has 0 atom stereocenters. The molecule has 0 spiro atoms. The smallest absolute Gasteiger partial charge is 0.226 e. The average Bonchev–Trinajstić information content (AvgIpc) is 2.90. The molecule has 6 heteroatoms. The van der Waals surface area contributed by atoms with Gasteiger partial charge >= 0.3 is 0 Å². The molecule has 1 aromatic heterocycles. The van der Waals surface area contributed by atoms with Gasteiger partial charge in [-0.15, -0.1) is 0 Å². The van der Waals surface area contributed by atoms with E-state index < -0.39 is 0 Å². The number of aromatic nitrogens is 2. The molecule has 0 aliphatic heterocycles. The largest absolute Gasteiger partial charge is 0.495 e. The minimum atomic E-state index is -0.112. The van der Waals surface area contributed by atoms with Crippen LogP contribution in [0.5, 0.6) is 5.75 Å². The molecule has 0 radical (unpaired) electrons. The summed E-state index contributed by atoms with van der Waals surface area (Å²) in [4.78, 5) is 11.8. The van der Waals surface area contributed by atoms with Crippen LogP contribution in [0.2, 0.25) is 0 Å². The third-order valence-electron chi connectivity index (χ3n) is 2.62.